The van der Waals surface area contributed by atoms with Crippen LogP contribution in [0.15, 0.2) is 30.3 Å². The highest BCUT2D eigenvalue weighted by atomic mass is 16.5. The summed E-state index contributed by atoms with van der Waals surface area (Å²) in [6.07, 6.45) is 7.02. The molecule has 1 saturated carbocycles. The maximum Gasteiger partial charge on any atom is 0.246 e. The number of ether oxygens (including phenoxy) is 1. The summed E-state index contributed by atoms with van der Waals surface area (Å²) in [5.41, 5.74) is -0.805. The Kier molecular flexibility index (Phi) is 6.61. The number of hydrogen-bond donors (Lipinski definition) is 3. The lowest BCUT2D eigenvalue weighted by Gasteiger charge is -2.35. The molecule has 2 bridgehead atoms. The van der Waals surface area contributed by atoms with Gasteiger partial charge < -0.3 is 25.4 Å². The first kappa shape index (κ1) is 24.3. The minimum absolute atomic E-state index is 0.0562. The van der Waals surface area contributed by atoms with Crippen LogP contribution in [0, 0.1) is 11.8 Å². The number of carbonyl (C=O) groups excluding carboxylic acids is 3. The van der Waals surface area contributed by atoms with Gasteiger partial charge in [0.2, 0.25) is 17.7 Å². The number of fused-ring (bicyclic) bond motifs is 1. The van der Waals surface area contributed by atoms with E-state index in [2.05, 4.69) is 10.6 Å². The highest BCUT2D eigenvalue weighted by Gasteiger charge is 2.78. The van der Waals surface area contributed by atoms with Crippen molar-refractivity contribution >= 4 is 17.7 Å². The highest BCUT2D eigenvalue weighted by molar-refractivity contribution is 5.99. The summed E-state index contributed by atoms with van der Waals surface area (Å²) in [4.78, 5) is 42.6. The van der Waals surface area contributed by atoms with Gasteiger partial charge >= 0.3 is 0 Å². The molecule has 8 nitrogen and oxygen atoms in total. The molecule has 35 heavy (non-hydrogen) atoms. The van der Waals surface area contributed by atoms with E-state index < -0.39 is 29.1 Å². The van der Waals surface area contributed by atoms with Crippen molar-refractivity contribution in [2.75, 3.05) is 13.2 Å². The Balaban J connectivity index is 1.43. The van der Waals surface area contributed by atoms with Gasteiger partial charge in [0.1, 0.15) is 11.6 Å². The second kappa shape index (κ2) is 9.54. The largest absolute Gasteiger partial charge is 0.395 e. The number of nitrogens with one attached hydrogen (secondary N) is 2. The molecule has 0 radical (unpaired) electrons. The first-order valence-electron chi connectivity index (χ1n) is 13.2. The lowest BCUT2D eigenvalue weighted by atomic mass is 9.65. The zero-order chi connectivity index (χ0) is 24.6. The van der Waals surface area contributed by atoms with E-state index in [0.717, 1.165) is 31.2 Å². The van der Waals surface area contributed by atoms with E-state index in [1.165, 1.54) is 11.3 Å². The van der Waals surface area contributed by atoms with E-state index in [4.69, 9.17) is 4.74 Å². The van der Waals surface area contributed by atoms with Crippen LogP contribution in [0.5, 0.6) is 0 Å². The van der Waals surface area contributed by atoms with Gasteiger partial charge in [-0.15, -0.1) is 0 Å². The average molecular weight is 484 g/mol. The number of nitrogens with zero attached hydrogens (tertiary/aromatic N) is 1. The standard InChI is InChI=1S/C27H37N3O5/c1-2-26-13-14-27(35-26)21(20(26)23(32)28-17-18-9-5-3-6-10-18)25(34)30(15-16-31)22(27)24(33)29-19-11-7-4-8-12-19/h3,5-6,9-10,19-22,31H,2,4,7-8,11-17H2,1H3,(H,28,32)(H,29,33)/t20-,21-,22?,26+,27?/m0/s1. The SMILES string of the molecule is CC[C@]12CCC3(O1)C(C(=O)NC1CCCCC1)N(CCO)C(=O)[C@@H]3[C@H]2C(=O)NCc1ccccc1. The number of β-amino-alcohol motifs (C(OH)–C–C–N with tert-alkyl or cyclic N) is 1. The van der Waals surface area contributed by atoms with Gasteiger partial charge in [-0.05, 0) is 37.7 Å². The van der Waals surface area contributed by atoms with E-state index in [1.807, 2.05) is 37.3 Å². The lowest BCUT2D eigenvalue weighted by molar-refractivity contribution is -0.148. The van der Waals surface area contributed by atoms with Crippen LogP contribution in [-0.2, 0) is 25.7 Å². The molecule has 4 fully saturated rings. The van der Waals surface area contributed by atoms with Crippen LogP contribution >= 0.6 is 0 Å². The van der Waals surface area contributed by atoms with Crippen LogP contribution in [0.2, 0.25) is 0 Å². The topological polar surface area (TPSA) is 108 Å². The van der Waals surface area contributed by atoms with Gasteiger partial charge in [-0.1, -0.05) is 56.5 Å². The molecule has 8 heteroatoms. The van der Waals surface area contributed by atoms with E-state index in [9.17, 15) is 19.5 Å². The van der Waals surface area contributed by atoms with Crippen LogP contribution < -0.4 is 10.6 Å². The summed E-state index contributed by atoms with van der Waals surface area (Å²) in [7, 11) is 0. The molecule has 3 saturated heterocycles. The molecule has 3 amide bonds. The molecule has 1 spiro atoms. The van der Waals surface area contributed by atoms with Crippen molar-refractivity contribution < 1.29 is 24.2 Å². The summed E-state index contributed by atoms with van der Waals surface area (Å²) in [6, 6.07) is 8.95. The average Bonchev–Trinajstić information content (AvgIpc) is 3.48. The fourth-order valence-corrected chi connectivity index (χ4v) is 7.19. The van der Waals surface area contributed by atoms with Crippen LogP contribution in [0.4, 0.5) is 0 Å². The fourth-order valence-electron chi connectivity index (χ4n) is 7.19. The highest BCUT2D eigenvalue weighted by Crippen LogP contribution is 2.64. The third kappa shape index (κ3) is 3.95. The zero-order valence-corrected chi connectivity index (χ0v) is 20.5. The normalized spacial score (nSPS) is 34.2. The fraction of sp³-hybridized carbons (Fsp3) is 0.667. The first-order valence-corrected chi connectivity index (χ1v) is 13.2. The van der Waals surface area contributed by atoms with Gasteiger partial charge in [0.15, 0.2) is 0 Å². The molecule has 3 heterocycles. The van der Waals surface area contributed by atoms with E-state index in [0.29, 0.717) is 25.8 Å². The summed E-state index contributed by atoms with van der Waals surface area (Å²) >= 11 is 0. The van der Waals surface area contributed by atoms with E-state index in [1.54, 1.807) is 0 Å². The second-order valence-corrected chi connectivity index (χ2v) is 10.6. The van der Waals surface area contributed by atoms with Gasteiger partial charge in [0, 0.05) is 19.1 Å². The Morgan fingerprint density at radius 2 is 1.86 bits per heavy atom. The molecule has 0 aromatic heterocycles. The second-order valence-electron chi connectivity index (χ2n) is 10.6. The molecule has 5 rings (SSSR count). The van der Waals surface area contributed by atoms with Crippen molar-refractivity contribution in [3.8, 4) is 0 Å². The van der Waals surface area contributed by atoms with Gasteiger partial charge in [-0.3, -0.25) is 14.4 Å². The first-order chi connectivity index (χ1) is 17.0. The molecule has 1 aliphatic carbocycles. The Morgan fingerprint density at radius 3 is 2.54 bits per heavy atom. The predicted molar refractivity (Wildman–Crippen MR) is 129 cm³/mol. The number of carbonyl (C=O) groups is 3. The molecule has 190 valence electrons. The van der Waals surface area contributed by atoms with Gasteiger partial charge in [-0.2, -0.15) is 0 Å². The number of amides is 3. The smallest absolute Gasteiger partial charge is 0.246 e. The van der Waals surface area contributed by atoms with Gasteiger partial charge in [0.25, 0.3) is 0 Å². The number of hydrogen-bond acceptors (Lipinski definition) is 5. The van der Waals surface area contributed by atoms with E-state index in [-0.39, 0.29) is 36.9 Å². The van der Waals surface area contributed by atoms with Crippen molar-refractivity contribution in [3.63, 3.8) is 0 Å². The maximum absolute atomic E-state index is 13.8. The van der Waals surface area contributed by atoms with Crippen molar-refractivity contribution in [2.24, 2.45) is 11.8 Å². The van der Waals surface area contributed by atoms with E-state index >= 15 is 0 Å². The minimum Gasteiger partial charge on any atom is -0.395 e. The van der Waals surface area contributed by atoms with Crippen molar-refractivity contribution in [3.05, 3.63) is 35.9 Å². The number of likely N-dealkylation sites (tertiary alicyclic amines) is 1. The van der Waals surface area contributed by atoms with Crippen molar-refractivity contribution in [1.82, 2.24) is 15.5 Å². The molecular formula is C27H37N3O5. The summed E-state index contributed by atoms with van der Waals surface area (Å²) in [5, 5.41) is 16.0. The number of rotatable bonds is 8. The molecule has 4 aliphatic rings. The molecule has 3 N–H and O–H groups in total. The summed E-state index contributed by atoms with van der Waals surface area (Å²) in [6.45, 7) is 2.17. The molecular weight excluding hydrogens is 446 g/mol. The summed E-state index contributed by atoms with van der Waals surface area (Å²) < 4.78 is 6.71. The Labute approximate surface area is 206 Å². The number of aliphatic hydroxyl groups excluding tert-OH is 1. The molecule has 1 aromatic rings. The number of aliphatic hydroxyl groups is 1. The third-order valence-corrected chi connectivity index (χ3v) is 8.81. The molecule has 3 aliphatic heterocycles. The monoisotopic (exact) mass is 483 g/mol. The molecule has 1 aromatic carbocycles. The summed E-state index contributed by atoms with van der Waals surface area (Å²) in [5.74, 6) is -2.05. The molecule has 2 unspecified atom stereocenters. The lowest BCUT2D eigenvalue weighted by Crippen LogP contribution is -2.57. The zero-order valence-electron chi connectivity index (χ0n) is 20.5. The van der Waals surface area contributed by atoms with Crippen LogP contribution in [-0.4, -0.2) is 64.2 Å². The Morgan fingerprint density at radius 1 is 1.11 bits per heavy atom. The minimum atomic E-state index is -1.03. The van der Waals surface area contributed by atoms with Crippen molar-refractivity contribution in [2.45, 2.75) is 88.1 Å². The van der Waals surface area contributed by atoms with Gasteiger partial charge in [0.05, 0.1) is 24.0 Å². The predicted octanol–water partition coefficient (Wildman–Crippen LogP) is 1.90. The van der Waals surface area contributed by atoms with Crippen LogP contribution in [0.25, 0.3) is 0 Å². The van der Waals surface area contributed by atoms with Crippen molar-refractivity contribution in [1.29, 1.82) is 0 Å². The quantitative estimate of drug-likeness (QED) is 0.524. The number of benzene rings is 1. The molecule has 5 atom stereocenters. The maximum atomic E-state index is 13.8. The Bertz CT molecular complexity index is 965. The van der Waals surface area contributed by atoms with Crippen LogP contribution in [0.1, 0.15) is 63.9 Å². The Hall–Kier alpha value is -2.45. The third-order valence-electron chi connectivity index (χ3n) is 8.81. The van der Waals surface area contributed by atoms with Crippen LogP contribution in [0.3, 0.4) is 0 Å². The van der Waals surface area contributed by atoms with Gasteiger partial charge in [-0.25, -0.2) is 0 Å².